The van der Waals surface area contributed by atoms with Crippen LogP contribution in [-0.2, 0) is 6.42 Å². The highest BCUT2D eigenvalue weighted by atomic mass is 16.5. The summed E-state index contributed by atoms with van der Waals surface area (Å²) < 4.78 is 5.69. The van der Waals surface area contributed by atoms with E-state index in [4.69, 9.17) is 4.52 Å². The van der Waals surface area contributed by atoms with Crippen LogP contribution in [0.25, 0.3) is 22.4 Å². The van der Waals surface area contributed by atoms with Gasteiger partial charge in [0.05, 0.1) is 5.56 Å². The van der Waals surface area contributed by atoms with Crippen LogP contribution >= 0.6 is 0 Å². The molecule has 112 valence electrons. The number of aromatic nitrogens is 1. The SMILES string of the molecule is CCCCc1onc(-c2ccc(C)cc2)c1-c1ccccc1. The Balaban J connectivity index is 2.10. The molecule has 2 aromatic carbocycles. The quantitative estimate of drug-likeness (QED) is 0.606. The molecule has 0 aliphatic heterocycles. The number of hydrogen-bond donors (Lipinski definition) is 0. The van der Waals surface area contributed by atoms with E-state index >= 15 is 0 Å². The molecule has 1 aromatic heterocycles. The third-order valence-corrected chi connectivity index (χ3v) is 3.91. The Morgan fingerprint density at radius 1 is 0.909 bits per heavy atom. The Bertz CT molecular complexity index is 726. The van der Waals surface area contributed by atoms with Crippen molar-refractivity contribution in [2.45, 2.75) is 33.1 Å². The summed E-state index contributed by atoms with van der Waals surface area (Å²) in [7, 11) is 0. The maximum Gasteiger partial charge on any atom is 0.145 e. The van der Waals surface area contributed by atoms with Gasteiger partial charge in [0.25, 0.3) is 0 Å². The predicted molar refractivity (Wildman–Crippen MR) is 90.7 cm³/mol. The molecule has 0 unspecified atom stereocenters. The maximum atomic E-state index is 5.69. The summed E-state index contributed by atoms with van der Waals surface area (Å²) in [4.78, 5) is 0. The Morgan fingerprint density at radius 3 is 2.32 bits per heavy atom. The van der Waals surface area contributed by atoms with Gasteiger partial charge in [-0.15, -0.1) is 0 Å². The molecule has 0 saturated heterocycles. The normalized spacial score (nSPS) is 10.8. The molecule has 0 aliphatic rings. The second kappa shape index (κ2) is 6.61. The molecule has 0 fully saturated rings. The van der Waals surface area contributed by atoms with Crippen molar-refractivity contribution in [2.24, 2.45) is 0 Å². The average molecular weight is 291 g/mol. The lowest BCUT2D eigenvalue weighted by molar-refractivity contribution is 0.383. The zero-order chi connectivity index (χ0) is 15.4. The summed E-state index contributed by atoms with van der Waals surface area (Å²) >= 11 is 0. The maximum absolute atomic E-state index is 5.69. The zero-order valence-electron chi connectivity index (χ0n) is 13.2. The van der Waals surface area contributed by atoms with Gasteiger partial charge in [-0.25, -0.2) is 0 Å². The first-order valence-corrected chi connectivity index (χ1v) is 7.90. The lowest BCUT2D eigenvalue weighted by Crippen LogP contribution is -1.88. The van der Waals surface area contributed by atoms with Crippen molar-refractivity contribution in [2.75, 3.05) is 0 Å². The molecule has 3 rings (SSSR count). The van der Waals surface area contributed by atoms with E-state index in [0.29, 0.717) is 0 Å². The van der Waals surface area contributed by atoms with Gasteiger partial charge in [-0.05, 0) is 18.9 Å². The average Bonchev–Trinajstić information content (AvgIpc) is 2.98. The minimum Gasteiger partial charge on any atom is -0.360 e. The van der Waals surface area contributed by atoms with Crippen LogP contribution in [0.4, 0.5) is 0 Å². The van der Waals surface area contributed by atoms with E-state index in [-0.39, 0.29) is 0 Å². The van der Waals surface area contributed by atoms with Crippen LogP contribution in [0.15, 0.2) is 59.1 Å². The Kier molecular flexibility index (Phi) is 4.38. The Morgan fingerprint density at radius 2 is 1.64 bits per heavy atom. The van der Waals surface area contributed by atoms with E-state index in [1.54, 1.807) is 0 Å². The van der Waals surface area contributed by atoms with Gasteiger partial charge in [0.2, 0.25) is 0 Å². The highest BCUT2D eigenvalue weighted by Crippen LogP contribution is 2.35. The summed E-state index contributed by atoms with van der Waals surface area (Å²) in [6.07, 6.45) is 3.19. The molecule has 0 saturated carbocycles. The topological polar surface area (TPSA) is 26.0 Å². The minimum absolute atomic E-state index is 0.930. The van der Waals surface area contributed by atoms with Crippen LogP contribution < -0.4 is 0 Å². The van der Waals surface area contributed by atoms with Crippen molar-refractivity contribution >= 4 is 0 Å². The van der Waals surface area contributed by atoms with Gasteiger partial charge in [-0.1, -0.05) is 78.7 Å². The molecule has 0 bridgehead atoms. The molecule has 1 heterocycles. The van der Waals surface area contributed by atoms with E-state index in [1.807, 2.05) is 6.07 Å². The third kappa shape index (κ3) is 2.96. The molecule has 0 N–H and O–H groups in total. The number of unbranched alkanes of at least 4 members (excludes halogenated alkanes) is 1. The van der Waals surface area contributed by atoms with Gasteiger partial charge in [-0.3, -0.25) is 0 Å². The smallest absolute Gasteiger partial charge is 0.145 e. The highest BCUT2D eigenvalue weighted by Gasteiger charge is 2.18. The number of hydrogen-bond acceptors (Lipinski definition) is 2. The molecule has 3 aromatic rings. The first-order chi connectivity index (χ1) is 10.8. The fourth-order valence-electron chi connectivity index (χ4n) is 2.64. The molecule has 0 spiro atoms. The lowest BCUT2D eigenvalue weighted by Gasteiger charge is -2.05. The lowest BCUT2D eigenvalue weighted by atomic mass is 9.97. The molecule has 2 nitrogen and oxygen atoms in total. The van der Waals surface area contributed by atoms with Crippen LogP contribution in [0.2, 0.25) is 0 Å². The molecular formula is C20H21NO. The molecule has 2 heteroatoms. The second-order valence-electron chi connectivity index (χ2n) is 5.66. The van der Waals surface area contributed by atoms with Crippen molar-refractivity contribution in [3.8, 4) is 22.4 Å². The number of rotatable bonds is 5. The van der Waals surface area contributed by atoms with E-state index in [1.165, 1.54) is 11.1 Å². The summed E-state index contributed by atoms with van der Waals surface area (Å²) in [6.45, 7) is 4.29. The monoisotopic (exact) mass is 291 g/mol. The van der Waals surface area contributed by atoms with Gasteiger partial charge >= 0.3 is 0 Å². The van der Waals surface area contributed by atoms with Gasteiger partial charge in [-0.2, -0.15) is 0 Å². The standard InChI is InChI=1S/C20H21NO/c1-3-4-10-18-19(16-8-6-5-7-9-16)20(21-22-18)17-13-11-15(2)12-14-17/h5-9,11-14H,3-4,10H2,1-2H3. The van der Waals surface area contributed by atoms with E-state index < -0.39 is 0 Å². The van der Waals surface area contributed by atoms with Crippen molar-refractivity contribution in [1.82, 2.24) is 5.16 Å². The molecule has 0 aliphatic carbocycles. The van der Waals surface area contributed by atoms with E-state index in [2.05, 4.69) is 67.5 Å². The molecule has 22 heavy (non-hydrogen) atoms. The van der Waals surface area contributed by atoms with Crippen LogP contribution in [-0.4, -0.2) is 5.16 Å². The summed E-state index contributed by atoms with van der Waals surface area (Å²) in [6, 6.07) is 18.9. The van der Waals surface area contributed by atoms with Gasteiger partial charge in [0.1, 0.15) is 11.5 Å². The van der Waals surface area contributed by atoms with Crippen molar-refractivity contribution in [3.63, 3.8) is 0 Å². The molecule has 0 atom stereocenters. The van der Waals surface area contributed by atoms with E-state index in [0.717, 1.165) is 41.8 Å². The van der Waals surface area contributed by atoms with Gasteiger partial charge in [0, 0.05) is 12.0 Å². The van der Waals surface area contributed by atoms with Crippen LogP contribution in [0.3, 0.4) is 0 Å². The Labute approximate surface area is 131 Å². The van der Waals surface area contributed by atoms with Gasteiger partial charge in [0.15, 0.2) is 0 Å². The fraction of sp³-hybridized carbons (Fsp3) is 0.250. The third-order valence-electron chi connectivity index (χ3n) is 3.91. The molecule has 0 amide bonds. The summed E-state index contributed by atoms with van der Waals surface area (Å²) in [5, 5.41) is 4.37. The minimum atomic E-state index is 0.930. The van der Waals surface area contributed by atoms with E-state index in [9.17, 15) is 0 Å². The zero-order valence-corrected chi connectivity index (χ0v) is 13.2. The number of aryl methyl sites for hydroxylation is 2. The van der Waals surface area contributed by atoms with Crippen LogP contribution in [0.1, 0.15) is 31.1 Å². The first kappa shape index (κ1) is 14.6. The fourth-order valence-corrected chi connectivity index (χ4v) is 2.64. The number of nitrogens with zero attached hydrogens (tertiary/aromatic N) is 1. The molecular weight excluding hydrogens is 270 g/mol. The highest BCUT2D eigenvalue weighted by molar-refractivity contribution is 5.82. The first-order valence-electron chi connectivity index (χ1n) is 7.90. The predicted octanol–water partition coefficient (Wildman–Crippen LogP) is 5.66. The van der Waals surface area contributed by atoms with Crippen molar-refractivity contribution < 1.29 is 4.52 Å². The summed E-state index contributed by atoms with van der Waals surface area (Å²) in [5.74, 6) is 0.989. The second-order valence-corrected chi connectivity index (χ2v) is 5.66. The van der Waals surface area contributed by atoms with Crippen molar-refractivity contribution in [3.05, 3.63) is 65.9 Å². The van der Waals surface area contributed by atoms with Gasteiger partial charge < -0.3 is 4.52 Å². The summed E-state index contributed by atoms with van der Waals surface area (Å²) in [5.41, 5.74) is 5.61. The van der Waals surface area contributed by atoms with Crippen molar-refractivity contribution in [1.29, 1.82) is 0 Å². The Hall–Kier alpha value is -2.35. The largest absolute Gasteiger partial charge is 0.360 e. The molecule has 0 radical (unpaired) electrons. The van der Waals surface area contributed by atoms with Crippen LogP contribution in [0.5, 0.6) is 0 Å². The van der Waals surface area contributed by atoms with Crippen LogP contribution in [0, 0.1) is 6.92 Å². The number of benzene rings is 2.